The van der Waals surface area contributed by atoms with Gasteiger partial charge in [0.2, 0.25) is 15.9 Å². The Morgan fingerprint density at radius 3 is 2.54 bits per heavy atom. The highest BCUT2D eigenvalue weighted by Crippen LogP contribution is 2.30. The SMILES string of the molecule is COc1ccc(S(=O)(=O)N2CCC[C@H](C(=O)Nc3ccc(Cl)cc3)C2)cc1Cl. The number of ether oxygens (including phenoxy) is 1. The summed E-state index contributed by atoms with van der Waals surface area (Å²) in [6.07, 6.45) is 1.22. The highest BCUT2D eigenvalue weighted by atomic mass is 35.5. The Labute approximate surface area is 174 Å². The number of anilines is 1. The van der Waals surface area contributed by atoms with Crippen LogP contribution in [0.1, 0.15) is 12.8 Å². The average molecular weight is 443 g/mol. The molecule has 28 heavy (non-hydrogen) atoms. The molecule has 6 nitrogen and oxygen atoms in total. The van der Waals surface area contributed by atoms with Gasteiger partial charge in [0.25, 0.3) is 0 Å². The molecule has 0 unspecified atom stereocenters. The lowest BCUT2D eigenvalue weighted by molar-refractivity contribution is -0.120. The fourth-order valence-electron chi connectivity index (χ4n) is 3.11. The van der Waals surface area contributed by atoms with Crippen molar-refractivity contribution in [3.8, 4) is 5.75 Å². The molecule has 0 bridgehead atoms. The number of amides is 1. The molecule has 1 saturated heterocycles. The largest absolute Gasteiger partial charge is 0.495 e. The lowest BCUT2D eigenvalue weighted by Gasteiger charge is -2.31. The predicted octanol–water partition coefficient (Wildman–Crippen LogP) is 4.04. The highest BCUT2D eigenvalue weighted by Gasteiger charge is 2.33. The molecule has 2 aromatic rings. The second-order valence-electron chi connectivity index (χ2n) is 6.49. The molecule has 3 rings (SSSR count). The summed E-state index contributed by atoms with van der Waals surface area (Å²) in [5.74, 6) is -0.248. The number of hydrogen-bond donors (Lipinski definition) is 1. The van der Waals surface area contributed by atoms with E-state index in [2.05, 4.69) is 5.32 Å². The summed E-state index contributed by atoms with van der Waals surface area (Å²) in [6.45, 7) is 0.474. The fraction of sp³-hybridized carbons (Fsp3) is 0.316. The van der Waals surface area contributed by atoms with E-state index < -0.39 is 15.9 Å². The van der Waals surface area contributed by atoms with Crippen LogP contribution in [0.5, 0.6) is 5.75 Å². The van der Waals surface area contributed by atoms with Crippen molar-refractivity contribution in [2.75, 3.05) is 25.5 Å². The molecular formula is C19H20Cl2N2O4S. The molecule has 150 valence electrons. The first-order chi connectivity index (χ1) is 13.3. The topological polar surface area (TPSA) is 75.7 Å². The first-order valence-corrected chi connectivity index (χ1v) is 10.9. The van der Waals surface area contributed by atoms with Crippen LogP contribution in [0.25, 0.3) is 0 Å². The van der Waals surface area contributed by atoms with E-state index >= 15 is 0 Å². The van der Waals surface area contributed by atoms with Gasteiger partial charge in [-0.3, -0.25) is 4.79 Å². The van der Waals surface area contributed by atoms with E-state index in [0.29, 0.717) is 35.8 Å². The molecule has 1 heterocycles. The number of carbonyl (C=O) groups is 1. The minimum atomic E-state index is -3.76. The number of carbonyl (C=O) groups excluding carboxylic acids is 1. The van der Waals surface area contributed by atoms with Crippen LogP contribution in [-0.4, -0.2) is 38.8 Å². The number of nitrogens with zero attached hydrogens (tertiary/aromatic N) is 1. The van der Waals surface area contributed by atoms with Crippen molar-refractivity contribution in [1.82, 2.24) is 4.31 Å². The Balaban J connectivity index is 1.73. The van der Waals surface area contributed by atoms with Gasteiger partial charge in [-0.05, 0) is 55.3 Å². The second-order valence-corrected chi connectivity index (χ2v) is 9.28. The van der Waals surface area contributed by atoms with E-state index in [4.69, 9.17) is 27.9 Å². The number of benzene rings is 2. The first kappa shape index (κ1) is 20.9. The molecular weight excluding hydrogens is 423 g/mol. The zero-order chi connectivity index (χ0) is 20.3. The molecule has 1 fully saturated rings. The third kappa shape index (κ3) is 4.60. The number of rotatable bonds is 5. The van der Waals surface area contributed by atoms with Crippen molar-refractivity contribution in [2.24, 2.45) is 5.92 Å². The Kier molecular flexibility index (Phi) is 6.50. The van der Waals surface area contributed by atoms with Gasteiger partial charge in [-0.1, -0.05) is 23.2 Å². The summed E-state index contributed by atoms with van der Waals surface area (Å²) >= 11 is 11.9. The van der Waals surface area contributed by atoms with Crippen LogP contribution in [0.4, 0.5) is 5.69 Å². The van der Waals surface area contributed by atoms with E-state index in [1.807, 2.05) is 0 Å². The van der Waals surface area contributed by atoms with Gasteiger partial charge in [0.1, 0.15) is 5.75 Å². The first-order valence-electron chi connectivity index (χ1n) is 8.71. The van der Waals surface area contributed by atoms with Gasteiger partial charge in [-0.2, -0.15) is 4.31 Å². The van der Waals surface area contributed by atoms with Crippen molar-refractivity contribution in [3.63, 3.8) is 0 Å². The molecule has 9 heteroatoms. The molecule has 1 aliphatic rings. The smallest absolute Gasteiger partial charge is 0.243 e. The maximum absolute atomic E-state index is 13.0. The molecule has 1 amide bonds. The molecule has 0 aromatic heterocycles. The van der Waals surface area contributed by atoms with Gasteiger partial charge in [0, 0.05) is 23.8 Å². The molecule has 0 radical (unpaired) electrons. The molecule has 0 saturated carbocycles. The highest BCUT2D eigenvalue weighted by molar-refractivity contribution is 7.89. The van der Waals surface area contributed by atoms with Gasteiger partial charge in [-0.15, -0.1) is 0 Å². The van der Waals surface area contributed by atoms with Gasteiger partial charge in [0.05, 0.1) is 22.9 Å². The number of piperidine rings is 1. The van der Waals surface area contributed by atoms with Crippen LogP contribution < -0.4 is 10.1 Å². The van der Waals surface area contributed by atoms with Gasteiger partial charge < -0.3 is 10.1 Å². The Hall–Kier alpha value is -1.80. The van der Waals surface area contributed by atoms with Crippen molar-refractivity contribution in [1.29, 1.82) is 0 Å². The van der Waals surface area contributed by atoms with Crippen LogP contribution in [0.15, 0.2) is 47.4 Å². The molecule has 1 aliphatic heterocycles. The van der Waals surface area contributed by atoms with Gasteiger partial charge >= 0.3 is 0 Å². The summed E-state index contributed by atoms with van der Waals surface area (Å²) in [5, 5.41) is 3.61. The number of nitrogens with one attached hydrogen (secondary N) is 1. The quantitative estimate of drug-likeness (QED) is 0.757. The lowest BCUT2D eigenvalue weighted by Crippen LogP contribution is -2.43. The average Bonchev–Trinajstić information content (AvgIpc) is 2.69. The number of sulfonamides is 1. The Morgan fingerprint density at radius 1 is 1.18 bits per heavy atom. The maximum atomic E-state index is 13.0. The summed E-state index contributed by atoms with van der Waals surface area (Å²) in [6, 6.07) is 11.1. The molecule has 0 spiro atoms. The normalized spacial score (nSPS) is 17.9. The van der Waals surface area contributed by atoms with Crippen LogP contribution in [0, 0.1) is 5.92 Å². The molecule has 1 N–H and O–H groups in total. The van der Waals surface area contributed by atoms with E-state index in [1.54, 1.807) is 24.3 Å². The molecule has 2 aromatic carbocycles. The minimum absolute atomic E-state index is 0.0806. The monoisotopic (exact) mass is 442 g/mol. The Bertz CT molecular complexity index is 964. The van der Waals surface area contributed by atoms with E-state index in [-0.39, 0.29) is 22.4 Å². The fourth-order valence-corrected chi connectivity index (χ4v) is 5.11. The Morgan fingerprint density at radius 2 is 1.89 bits per heavy atom. The number of methoxy groups -OCH3 is 1. The number of halogens is 2. The summed E-state index contributed by atoms with van der Waals surface area (Å²) in [4.78, 5) is 12.7. The van der Waals surface area contributed by atoms with Crippen molar-refractivity contribution in [3.05, 3.63) is 52.5 Å². The minimum Gasteiger partial charge on any atom is -0.495 e. The summed E-state index contributed by atoms with van der Waals surface area (Å²) in [7, 11) is -2.30. The van der Waals surface area contributed by atoms with Crippen LogP contribution in [0.2, 0.25) is 10.0 Å². The lowest BCUT2D eigenvalue weighted by atomic mass is 9.99. The van der Waals surface area contributed by atoms with E-state index in [9.17, 15) is 13.2 Å². The van der Waals surface area contributed by atoms with Crippen LogP contribution in [0.3, 0.4) is 0 Å². The van der Waals surface area contributed by atoms with E-state index in [1.165, 1.54) is 29.6 Å². The van der Waals surface area contributed by atoms with Crippen molar-refractivity contribution < 1.29 is 17.9 Å². The van der Waals surface area contributed by atoms with Crippen LogP contribution in [-0.2, 0) is 14.8 Å². The van der Waals surface area contributed by atoms with Gasteiger partial charge in [0.15, 0.2) is 0 Å². The van der Waals surface area contributed by atoms with Gasteiger partial charge in [-0.25, -0.2) is 8.42 Å². The molecule has 0 aliphatic carbocycles. The second kappa shape index (κ2) is 8.69. The van der Waals surface area contributed by atoms with E-state index in [0.717, 1.165) is 0 Å². The summed E-state index contributed by atoms with van der Waals surface area (Å²) in [5.41, 5.74) is 0.622. The maximum Gasteiger partial charge on any atom is 0.243 e. The standard InChI is InChI=1S/C19H20Cl2N2O4S/c1-27-18-9-8-16(11-17(18)21)28(25,26)23-10-2-3-13(12-23)19(24)22-15-6-4-14(20)5-7-15/h4-9,11,13H,2-3,10,12H2,1H3,(H,22,24)/t13-/m0/s1. The van der Waals surface area contributed by atoms with Crippen molar-refractivity contribution >= 4 is 44.8 Å². The third-order valence-corrected chi connectivity index (χ3v) is 7.04. The summed E-state index contributed by atoms with van der Waals surface area (Å²) < 4.78 is 32.4. The molecule has 1 atom stereocenters. The van der Waals surface area contributed by atoms with Crippen molar-refractivity contribution in [2.45, 2.75) is 17.7 Å². The predicted molar refractivity (Wildman–Crippen MR) is 110 cm³/mol. The van der Waals surface area contributed by atoms with Crippen LogP contribution >= 0.6 is 23.2 Å². The zero-order valence-corrected chi connectivity index (χ0v) is 17.5. The number of hydrogen-bond acceptors (Lipinski definition) is 4. The third-order valence-electron chi connectivity index (χ3n) is 4.63. The zero-order valence-electron chi connectivity index (χ0n) is 15.2.